The van der Waals surface area contributed by atoms with Crippen molar-refractivity contribution in [1.29, 1.82) is 0 Å². The molecule has 10 heteroatoms. The number of rotatable bonds is 5. The van der Waals surface area contributed by atoms with Crippen LogP contribution in [0.25, 0.3) is 0 Å². The van der Waals surface area contributed by atoms with E-state index in [9.17, 15) is 23.3 Å². The number of aryl methyl sites for hydroxylation is 1. The monoisotopic (exact) mass is 471 g/mol. The Labute approximate surface area is 189 Å². The number of carbonyl (C=O) groups excluding carboxylic acids is 1. The van der Waals surface area contributed by atoms with Crippen LogP contribution in [0.5, 0.6) is 0 Å². The van der Waals surface area contributed by atoms with E-state index in [2.05, 4.69) is 5.32 Å². The largest absolute Gasteiger partial charge is 0.322 e. The van der Waals surface area contributed by atoms with E-state index >= 15 is 0 Å². The van der Waals surface area contributed by atoms with Gasteiger partial charge in [-0.05, 0) is 60.9 Å². The van der Waals surface area contributed by atoms with Gasteiger partial charge in [0.15, 0.2) is 0 Å². The minimum atomic E-state index is -3.78. The molecule has 0 atom stereocenters. The Morgan fingerprint density at radius 1 is 1.06 bits per heavy atom. The van der Waals surface area contributed by atoms with E-state index in [1.54, 1.807) is 12.1 Å². The molecular weight excluding hydrogens is 454 g/mol. The molecule has 4 rings (SSSR count). The molecule has 1 aliphatic rings. The third kappa shape index (κ3) is 4.17. The van der Waals surface area contributed by atoms with E-state index in [-0.39, 0.29) is 15.5 Å². The number of sulfonamides is 1. The average Bonchev–Trinajstić information content (AvgIpc) is 2.78. The Kier molecular flexibility index (Phi) is 5.86. The van der Waals surface area contributed by atoms with E-state index in [4.69, 9.17) is 11.6 Å². The van der Waals surface area contributed by atoms with E-state index in [0.717, 1.165) is 24.5 Å². The smallest absolute Gasteiger partial charge is 0.283 e. The summed E-state index contributed by atoms with van der Waals surface area (Å²) < 4.78 is 27.8. The van der Waals surface area contributed by atoms with Gasteiger partial charge in [-0.15, -0.1) is 0 Å². The molecule has 3 aromatic rings. The molecule has 0 fully saturated rings. The first kappa shape index (κ1) is 21.8. The maximum Gasteiger partial charge on any atom is 0.283 e. The molecular formula is C22H18ClN3O5S. The van der Waals surface area contributed by atoms with Crippen LogP contribution in [0.15, 0.2) is 71.6 Å². The van der Waals surface area contributed by atoms with Crippen LogP contribution in [0.3, 0.4) is 0 Å². The maximum absolute atomic E-state index is 13.2. The highest BCUT2D eigenvalue weighted by Gasteiger charge is 2.29. The lowest BCUT2D eigenvalue weighted by Gasteiger charge is -2.30. The Morgan fingerprint density at radius 2 is 1.78 bits per heavy atom. The SMILES string of the molecule is O=C(Nc1ccc(S(=O)(=O)N2CCCc3ccccc32)cc1)c1ccc(Cl)cc1[N+](=O)[O-]. The summed E-state index contributed by atoms with van der Waals surface area (Å²) in [4.78, 5) is 23.2. The van der Waals surface area contributed by atoms with E-state index in [0.29, 0.717) is 17.9 Å². The zero-order chi connectivity index (χ0) is 22.9. The fraction of sp³-hybridized carbons (Fsp3) is 0.136. The minimum Gasteiger partial charge on any atom is -0.322 e. The Balaban J connectivity index is 1.57. The van der Waals surface area contributed by atoms with Crippen LogP contribution in [0.1, 0.15) is 22.3 Å². The Morgan fingerprint density at radius 3 is 2.50 bits per heavy atom. The van der Waals surface area contributed by atoms with Crippen molar-refractivity contribution in [2.24, 2.45) is 0 Å². The number of halogens is 1. The van der Waals surface area contributed by atoms with Gasteiger partial charge in [0.25, 0.3) is 21.6 Å². The number of fused-ring (bicyclic) bond motifs is 1. The number of nitro groups is 1. The fourth-order valence-electron chi connectivity index (χ4n) is 3.63. The highest BCUT2D eigenvalue weighted by molar-refractivity contribution is 7.92. The normalized spacial score (nSPS) is 13.3. The second-order valence-corrected chi connectivity index (χ2v) is 9.51. The molecule has 0 aliphatic carbocycles. The number of nitro benzene ring substituents is 1. The van der Waals surface area contributed by atoms with Gasteiger partial charge in [-0.2, -0.15) is 0 Å². The molecule has 0 saturated carbocycles. The van der Waals surface area contributed by atoms with Crippen molar-refractivity contribution < 1.29 is 18.1 Å². The van der Waals surface area contributed by atoms with Crippen LogP contribution in [0.2, 0.25) is 5.02 Å². The zero-order valence-electron chi connectivity index (χ0n) is 16.7. The lowest BCUT2D eigenvalue weighted by Crippen LogP contribution is -2.35. The van der Waals surface area contributed by atoms with Gasteiger partial charge in [0, 0.05) is 23.3 Å². The number of nitrogens with one attached hydrogen (secondary N) is 1. The quantitative estimate of drug-likeness (QED) is 0.430. The van der Waals surface area contributed by atoms with Gasteiger partial charge < -0.3 is 5.32 Å². The minimum absolute atomic E-state index is 0.0877. The fourth-order valence-corrected chi connectivity index (χ4v) is 5.34. The summed E-state index contributed by atoms with van der Waals surface area (Å²) in [6.07, 6.45) is 1.55. The Hall–Kier alpha value is -3.43. The molecule has 0 unspecified atom stereocenters. The van der Waals surface area contributed by atoms with E-state index < -0.39 is 26.5 Å². The summed E-state index contributed by atoms with van der Waals surface area (Å²) in [5.74, 6) is -0.700. The predicted octanol–water partition coefficient (Wildman–Crippen LogP) is 4.64. The molecule has 0 spiro atoms. The van der Waals surface area contributed by atoms with Crippen molar-refractivity contribution in [3.63, 3.8) is 0 Å². The van der Waals surface area contributed by atoms with Gasteiger partial charge in [-0.25, -0.2) is 8.42 Å². The van der Waals surface area contributed by atoms with Crippen molar-refractivity contribution >= 4 is 44.6 Å². The van der Waals surface area contributed by atoms with Gasteiger partial charge in [-0.1, -0.05) is 29.8 Å². The highest BCUT2D eigenvalue weighted by Crippen LogP contribution is 2.32. The molecule has 1 heterocycles. The van der Waals surface area contributed by atoms with Gasteiger partial charge in [0.05, 0.1) is 15.5 Å². The van der Waals surface area contributed by atoms with Crippen molar-refractivity contribution in [1.82, 2.24) is 0 Å². The Bertz CT molecular complexity index is 1310. The third-order valence-corrected chi connectivity index (χ3v) is 7.23. The summed E-state index contributed by atoms with van der Waals surface area (Å²) >= 11 is 5.78. The van der Waals surface area contributed by atoms with Crippen LogP contribution >= 0.6 is 11.6 Å². The molecule has 8 nitrogen and oxygen atoms in total. The second kappa shape index (κ2) is 8.60. The first-order valence-corrected chi connectivity index (χ1v) is 11.6. The molecule has 164 valence electrons. The number of benzene rings is 3. The summed E-state index contributed by atoms with van der Waals surface area (Å²) in [5, 5.41) is 13.9. The number of amides is 1. The lowest BCUT2D eigenvalue weighted by molar-refractivity contribution is -0.385. The molecule has 3 aromatic carbocycles. The van der Waals surface area contributed by atoms with Crippen LogP contribution in [0.4, 0.5) is 17.1 Å². The van der Waals surface area contributed by atoms with Crippen molar-refractivity contribution in [3.05, 3.63) is 93.0 Å². The summed E-state index contributed by atoms with van der Waals surface area (Å²) in [6.45, 7) is 0.387. The zero-order valence-corrected chi connectivity index (χ0v) is 18.3. The van der Waals surface area contributed by atoms with Gasteiger partial charge >= 0.3 is 0 Å². The van der Waals surface area contributed by atoms with Gasteiger partial charge in [-0.3, -0.25) is 19.2 Å². The van der Waals surface area contributed by atoms with Crippen molar-refractivity contribution in [2.75, 3.05) is 16.2 Å². The topological polar surface area (TPSA) is 110 Å². The van der Waals surface area contributed by atoms with Gasteiger partial charge in [0.2, 0.25) is 0 Å². The molecule has 1 aliphatic heterocycles. The molecule has 0 aromatic heterocycles. The number of hydrogen-bond donors (Lipinski definition) is 1. The number of nitrogens with zero attached hydrogens (tertiary/aromatic N) is 2. The maximum atomic E-state index is 13.2. The van der Waals surface area contributed by atoms with Crippen molar-refractivity contribution in [2.45, 2.75) is 17.7 Å². The number of carbonyl (C=O) groups is 1. The summed E-state index contributed by atoms with van der Waals surface area (Å²) in [5.41, 5.74) is 1.39. The molecule has 1 amide bonds. The van der Waals surface area contributed by atoms with E-state index in [1.807, 2.05) is 12.1 Å². The van der Waals surface area contributed by atoms with E-state index in [1.165, 1.54) is 40.7 Å². The summed E-state index contributed by atoms with van der Waals surface area (Å²) in [6, 6.07) is 16.9. The van der Waals surface area contributed by atoms with Crippen LogP contribution in [0, 0.1) is 10.1 Å². The molecule has 0 bridgehead atoms. The number of para-hydroxylation sites is 1. The number of anilines is 2. The molecule has 1 N–H and O–H groups in total. The first-order chi connectivity index (χ1) is 15.3. The predicted molar refractivity (Wildman–Crippen MR) is 122 cm³/mol. The first-order valence-electron chi connectivity index (χ1n) is 9.73. The lowest BCUT2D eigenvalue weighted by atomic mass is 10.0. The third-order valence-electron chi connectivity index (χ3n) is 5.17. The van der Waals surface area contributed by atoms with Crippen LogP contribution < -0.4 is 9.62 Å². The van der Waals surface area contributed by atoms with Crippen LogP contribution in [-0.2, 0) is 16.4 Å². The number of hydrogen-bond acceptors (Lipinski definition) is 5. The molecule has 0 radical (unpaired) electrons. The average molecular weight is 472 g/mol. The summed E-state index contributed by atoms with van der Waals surface area (Å²) in [7, 11) is -3.78. The highest BCUT2D eigenvalue weighted by atomic mass is 35.5. The van der Waals surface area contributed by atoms with Crippen LogP contribution in [-0.4, -0.2) is 25.8 Å². The second-order valence-electron chi connectivity index (χ2n) is 7.21. The standard InChI is InChI=1S/C22H18ClN3O5S/c23-16-7-12-19(21(14-16)26(28)29)22(27)24-17-8-10-18(11-9-17)32(30,31)25-13-3-5-15-4-1-2-6-20(15)25/h1-2,4,6-12,14H,3,5,13H2,(H,24,27). The van der Waals surface area contributed by atoms with Gasteiger partial charge in [0.1, 0.15) is 5.56 Å². The van der Waals surface area contributed by atoms with Crippen molar-refractivity contribution in [3.8, 4) is 0 Å². The molecule has 0 saturated heterocycles. The molecule has 32 heavy (non-hydrogen) atoms.